The number of nitrogens with zero attached hydrogens (tertiary/aromatic N) is 2. The molecule has 1 fully saturated rings. The molecule has 0 spiro atoms. The first-order valence-corrected chi connectivity index (χ1v) is 12.7. The van der Waals surface area contributed by atoms with Crippen LogP contribution in [0.25, 0.3) is 5.69 Å². The number of hydrogen-bond donors (Lipinski definition) is 0. The smallest absolute Gasteiger partial charge is 0.338 e. The zero-order valence-electron chi connectivity index (χ0n) is 19.6. The molecule has 2 heterocycles. The number of rotatable bonds is 7. The predicted molar refractivity (Wildman–Crippen MR) is 129 cm³/mol. The van der Waals surface area contributed by atoms with Crippen LogP contribution in [0.4, 0.5) is 0 Å². The topological polar surface area (TPSA) is 85.7 Å². The predicted octanol–water partition coefficient (Wildman–Crippen LogP) is 4.23. The minimum absolute atomic E-state index is 0.144. The average Bonchev–Trinajstić information content (AvgIpc) is 3.47. The van der Waals surface area contributed by atoms with Gasteiger partial charge in [-0.25, -0.2) is 13.2 Å². The number of carbonyl (C=O) groups is 2. The standard InChI is InChI=1S/C26H28N2O5S/c1-18-6-10-22(11-7-18)28-19(2)16-24(20(28)3)25(29)17-33-26(30)21-8-12-23(13-9-21)34(31,32)27-14-4-5-15-27/h6-13,16H,4-5,14-15,17H2,1-3H3. The Morgan fingerprint density at radius 2 is 1.53 bits per heavy atom. The van der Waals surface area contributed by atoms with Gasteiger partial charge in [0.15, 0.2) is 6.61 Å². The molecular weight excluding hydrogens is 452 g/mol. The second-order valence-electron chi connectivity index (χ2n) is 8.59. The van der Waals surface area contributed by atoms with Gasteiger partial charge in [0.25, 0.3) is 0 Å². The summed E-state index contributed by atoms with van der Waals surface area (Å²) in [5.41, 5.74) is 4.48. The second kappa shape index (κ2) is 9.56. The SMILES string of the molecule is Cc1ccc(-n2c(C)cc(C(=O)COC(=O)c3ccc(S(=O)(=O)N4CCCC4)cc3)c2C)cc1. The van der Waals surface area contributed by atoms with Crippen LogP contribution < -0.4 is 0 Å². The highest BCUT2D eigenvalue weighted by atomic mass is 32.2. The molecule has 0 radical (unpaired) electrons. The summed E-state index contributed by atoms with van der Waals surface area (Å²) in [5.74, 6) is -0.973. The first kappa shape index (κ1) is 23.9. The van der Waals surface area contributed by atoms with E-state index in [1.807, 2.05) is 49.6 Å². The van der Waals surface area contributed by atoms with Crippen LogP contribution in [0.5, 0.6) is 0 Å². The molecule has 4 rings (SSSR count). The van der Waals surface area contributed by atoms with Gasteiger partial charge in [-0.05, 0) is 76.1 Å². The van der Waals surface area contributed by atoms with Gasteiger partial charge in [0.1, 0.15) is 0 Å². The number of benzene rings is 2. The summed E-state index contributed by atoms with van der Waals surface area (Å²) in [5, 5.41) is 0. The van der Waals surface area contributed by atoms with Gasteiger partial charge in [-0.3, -0.25) is 4.79 Å². The quantitative estimate of drug-likeness (QED) is 0.373. The van der Waals surface area contributed by atoms with Gasteiger partial charge in [0.05, 0.1) is 10.5 Å². The van der Waals surface area contributed by atoms with E-state index in [0.29, 0.717) is 18.7 Å². The maximum Gasteiger partial charge on any atom is 0.338 e. The van der Waals surface area contributed by atoms with Gasteiger partial charge in [-0.1, -0.05) is 17.7 Å². The molecule has 0 amide bonds. The Hall–Kier alpha value is -3.23. The molecule has 1 aliphatic rings. The zero-order chi connectivity index (χ0) is 24.5. The van der Waals surface area contributed by atoms with Gasteiger partial charge < -0.3 is 9.30 Å². The summed E-state index contributed by atoms with van der Waals surface area (Å²) < 4.78 is 33.9. The first-order chi connectivity index (χ1) is 16.2. The summed E-state index contributed by atoms with van der Waals surface area (Å²) in [6.45, 7) is 6.43. The number of ketones is 1. The van der Waals surface area contributed by atoms with Gasteiger partial charge in [0, 0.05) is 35.7 Å². The molecule has 8 heteroatoms. The van der Waals surface area contributed by atoms with E-state index in [4.69, 9.17) is 4.74 Å². The van der Waals surface area contributed by atoms with Crippen LogP contribution in [0.15, 0.2) is 59.5 Å². The monoisotopic (exact) mass is 480 g/mol. The first-order valence-electron chi connectivity index (χ1n) is 11.2. The Bertz CT molecular complexity index is 1320. The van der Waals surface area contributed by atoms with Gasteiger partial charge >= 0.3 is 5.97 Å². The highest BCUT2D eigenvalue weighted by Crippen LogP contribution is 2.23. The molecule has 0 aliphatic carbocycles. The molecule has 1 saturated heterocycles. The summed E-state index contributed by atoms with van der Waals surface area (Å²) >= 11 is 0. The molecular formula is C26H28N2O5S. The maximum atomic E-state index is 12.8. The van der Waals surface area contributed by atoms with E-state index >= 15 is 0 Å². The molecule has 2 aromatic carbocycles. The number of carbonyl (C=O) groups excluding carboxylic acids is 2. The van der Waals surface area contributed by atoms with E-state index < -0.39 is 22.6 Å². The lowest BCUT2D eigenvalue weighted by Gasteiger charge is -2.15. The van der Waals surface area contributed by atoms with E-state index in [1.54, 1.807) is 6.07 Å². The summed E-state index contributed by atoms with van der Waals surface area (Å²) in [6, 6.07) is 15.5. The molecule has 0 N–H and O–H groups in total. The Kier molecular flexibility index (Phi) is 6.72. The van der Waals surface area contributed by atoms with Crippen LogP contribution in [-0.4, -0.2) is 48.7 Å². The van der Waals surface area contributed by atoms with E-state index in [0.717, 1.165) is 35.5 Å². The van der Waals surface area contributed by atoms with Crippen LogP contribution in [0, 0.1) is 20.8 Å². The number of aryl methyl sites for hydroxylation is 2. The van der Waals surface area contributed by atoms with Crippen LogP contribution in [0.1, 0.15) is 50.5 Å². The highest BCUT2D eigenvalue weighted by molar-refractivity contribution is 7.89. The number of hydrogen-bond acceptors (Lipinski definition) is 5. The molecule has 0 saturated carbocycles. The number of esters is 1. The fraction of sp³-hybridized carbons (Fsp3) is 0.308. The van der Waals surface area contributed by atoms with Crippen molar-refractivity contribution in [2.24, 2.45) is 0 Å². The van der Waals surface area contributed by atoms with Crippen LogP contribution in [-0.2, 0) is 14.8 Å². The molecule has 3 aromatic rings. The molecule has 1 aliphatic heterocycles. The number of Topliss-reactive ketones (excluding diaryl/α,β-unsaturated/α-hetero) is 1. The number of ether oxygens (including phenoxy) is 1. The van der Waals surface area contributed by atoms with Crippen molar-refractivity contribution in [1.29, 1.82) is 0 Å². The van der Waals surface area contributed by atoms with Crippen molar-refractivity contribution in [3.8, 4) is 5.69 Å². The van der Waals surface area contributed by atoms with Crippen LogP contribution in [0.3, 0.4) is 0 Å². The van der Waals surface area contributed by atoms with Gasteiger partial charge in [-0.15, -0.1) is 0 Å². The normalized spacial score (nSPS) is 14.3. The minimum Gasteiger partial charge on any atom is -0.454 e. The van der Waals surface area contributed by atoms with Gasteiger partial charge in [-0.2, -0.15) is 4.31 Å². The third-order valence-corrected chi connectivity index (χ3v) is 8.06. The lowest BCUT2D eigenvalue weighted by molar-refractivity contribution is 0.0474. The van der Waals surface area contributed by atoms with Crippen molar-refractivity contribution in [2.75, 3.05) is 19.7 Å². The van der Waals surface area contributed by atoms with E-state index in [9.17, 15) is 18.0 Å². The molecule has 1 aromatic heterocycles. The lowest BCUT2D eigenvalue weighted by atomic mass is 10.1. The minimum atomic E-state index is -3.55. The van der Waals surface area contributed by atoms with E-state index in [-0.39, 0.29) is 16.2 Å². The molecule has 0 unspecified atom stereocenters. The fourth-order valence-electron chi connectivity index (χ4n) is 4.27. The zero-order valence-corrected chi connectivity index (χ0v) is 20.4. The highest BCUT2D eigenvalue weighted by Gasteiger charge is 2.27. The number of aromatic nitrogens is 1. The molecule has 0 atom stereocenters. The van der Waals surface area contributed by atoms with Crippen LogP contribution >= 0.6 is 0 Å². The maximum absolute atomic E-state index is 12.8. The summed E-state index contributed by atoms with van der Waals surface area (Å²) in [4.78, 5) is 25.4. The lowest BCUT2D eigenvalue weighted by Crippen LogP contribution is -2.27. The van der Waals surface area contributed by atoms with E-state index in [2.05, 4.69) is 0 Å². The van der Waals surface area contributed by atoms with Crippen molar-refractivity contribution in [3.05, 3.63) is 82.7 Å². The van der Waals surface area contributed by atoms with Crippen molar-refractivity contribution in [1.82, 2.24) is 8.87 Å². The Labute approximate surface area is 200 Å². The van der Waals surface area contributed by atoms with Crippen molar-refractivity contribution < 1.29 is 22.7 Å². The summed E-state index contributed by atoms with van der Waals surface area (Å²) in [6.07, 6.45) is 1.70. The number of sulfonamides is 1. The van der Waals surface area contributed by atoms with Gasteiger partial charge in [0.2, 0.25) is 15.8 Å². The fourth-order valence-corrected chi connectivity index (χ4v) is 5.79. The Morgan fingerprint density at radius 1 is 0.912 bits per heavy atom. The van der Waals surface area contributed by atoms with E-state index in [1.165, 1.54) is 28.6 Å². The Morgan fingerprint density at radius 3 is 2.15 bits per heavy atom. The second-order valence-corrected chi connectivity index (χ2v) is 10.5. The third-order valence-electron chi connectivity index (χ3n) is 6.15. The Balaban J connectivity index is 1.43. The average molecular weight is 481 g/mol. The van der Waals surface area contributed by atoms with Crippen molar-refractivity contribution >= 4 is 21.8 Å². The molecule has 0 bridgehead atoms. The molecule has 178 valence electrons. The molecule has 7 nitrogen and oxygen atoms in total. The third kappa shape index (κ3) is 4.69. The van der Waals surface area contributed by atoms with Crippen molar-refractivity contribution in [2.45, 2.75) is 38.5 Å². The molecule has 34 heavy (non-hydrogen) atoms. The van der Waals surface area contributed by atoms with Crippen LogP contribution in [0.2, 0.25) is 0 Å². The largest absolute Gasteiger partial charge is 0.454 e. The van der Waals surface area contributed by atoms with Crippen molar-refractivity contribution in [3.63, 3.8) is 0 Å². The summed E-state index contributed by atoms with van der Waals surface area (Å²) in [7, 11) is -3.55.